The minimum Gasteiger partial charge on any atom is -0.352 e. The number of hydrogen-bond donors (Lipinski definition) is 2. The Hall–Kier alpha value is -1.92. The normalized spacial score (nSPS) is 14.4. The first-order chi connectivity index (χ1) is 11.7. The first-order valence-electron chi connectivity index (χ1n) is 8.56. The molecule has 0 unspecified atom stereocenters. The van der Waals surface area contributed by atoms with Gasteiger partial charge >= 0.3 is 0 Å². The summed E-state index contributed by atoms with van der Waals surface area (Å²) in [5.74, 6) is -0.465. The molecule has 0 bridgehead atoms. The molecule has 2 rings (SSSR count). The molecule has 5 nitrogen and oxygen atoms in total. The van der Waals surface area contributed by atoms with E-state index in [4.69, 9.17) is 0 Å². The van der Waals surface area contributed by atoms with Crippen LogP contribution in [0.1, 0.15) is 34.1 Å². The maximum absolute atomic E-state index is 12.8. The van der Waals surface area contributed by atoms with E-state index in [1.165, 1.54) is 0 Å². The highest BCUT2D eigenvalue weighted by Crippen LogP contribution is 2.19. The topological polar surface area (TPSA) is 75.3 Å². The summed E-state index contributed by atoms with van der Waals surface area (Å²) in [6.07, 6.45) is 0.786. The number of fused-ring (bicyclic) bond motifs is 1. The third kappa shape index (κ3) is 4.80. The van der Waals surface area contributed by atoms with Crippen LogP contribution in [0.5, 0.6) is 0 Å². The lowest BCUT2D eigenvalue weighted by atomic mass is 10.0. The van der Waals surface area contributed by atoms with E-state index in [0.29, 0.717) is 0 Å². The highest BCUT2D eigenvalue weighted by atomic mass is 32.2. The number of carbonyl (C=O) groups excluding carboxylic acids is 1. The molecule has 0 aliphatic carbocycles. The fourth-order valence-electron chi connectivity index (χ4n) is 2.50. The molecule has 0 heterocycles. The highest BCUT2D eigenvalue weighted by molar-refractivity contribution is 7.89. The standard InChI is InChI=1S/C19H26N2O3S/c1-5-14(4)20-19(22)18(13(2)3)21-25(23,24)17-11-10-15-8-6-7-9-16(15)12-17/h6-14,18,21H,5H2,1-4H3,(H,20,22)/t14-,18-/m0/s1. The molecule has 25 heavy (non-hydrogen) atoms. The summed E-state index contributed by atoms with van der Waals surface area (Å²) in [6.45, 7) is 7.51. The molecule has 2 N–H and O–H groups in total. The Labute approximate surface area is 149 Å². The Kier molecular flexibility index (Phi) is 6.19. The van der Waals surface area contributed by atoms with Crippen molar-refractivity contribution in [2.45, 2.75) is 51.1 Å². The van der Waals surface area contributed by atoms with Gasteiger partial charge in [-0.1, -0.05) is 51.1 Å². The number of amides is 1. The van der Waals surface area contributed by atoms with Crippen molar-refractivity contribution in [3.8, 4) is 0 Å². The van der Waals surface area contributed by atoms with Crippen molar-refractivity contribution >= 4 is 26.7 Å². The van der Waals surface area contributed by atoms with E-state index in [9.17, 15) is 13.2 Å². The summed E-state index contributed by atoms with van der Waals surface area (Å²) in [5.41, 5.74) is 0. The minimum atomic E-state index is -3.79. The third-order valence-electron chi connectivity index (χ3n) is 4.26. The molecule has 0 fully saturated rings. The van der Waals surface area contributed by atoms with E-state index in [-0.39, 0.29) is 22.8 Å². The second kappa shape index (κ2) is 7.97. The first kappa shape index (κ1) is 19.4. The molecule has 0 radical (unpaired) electrons. The molecule has 0 aromatic heterocycles. The van der Waals surface area contributed by atoms with Crippen molar-refractivity contribution in [3.05, 3.63) is 42.5 Å². The summed E-state index contributed by atoms with van der Waals surface area (Å²) >= 11 is 0. The number of sulfonamides is 1. The van der Waals surface area contributed by atoms with Gasteiger partial charge in [0.1, 0.15) is 6.04 Å². The molecule has 2 aromatic rings. The molecule has 0 saturated heterocycles. The van der Waals surface area contributed by atoms with Crippen LogP contribution in [-0.2, 0) is 14.8 Å². The van der Waals surface area contributed by atoms with Crippen molar-refractivity contribution in [2.24, 2.45) is 5.92 Å². The zero-order chi connectivity index (χ0) is 18.6. The van der Waals surface area contributed by atoms with Gasteiger partial charge in [-0.05, 0) is 42.2 Å². The van der Waals surface area contributed by atoms with E-state index in [0.717, 1.165) is 17.2 Å². The van der Waals surface area contributed by atoms with Crippen LogP contribution in [0.25, 0.3) is 10.8 Å². The van der Waals surface area contributed by atoms with Crippen LogP contribution in [0.3, 0.4) is 0 Å². The summed E-state index contributed by atoms with van der Waals surface area (Å²) in [7, 11) is -3.79. The predicted molar refractivity (Wildman–Crippen MR) is 101 cm³/mol. The van der Waals surface area contributed by atoms with Crippen LogP contribution in [0, 0.1) is 5.92 Å². The smallest absolute Gasteiger partial charge is 0.241 e. The van der Waals surface area contributed by atoms with E-state index in [2.05, 4.69) is 10.0 Å². The average molecular weight is 362 g/mol. The van der Waals surface area contributed by atoms with Crippen molar-refractivity contribution in [1.29, 1.82) is 0 Å². The molecule has 6 heteroatoms. The lowest BCUT2D eigenvalue weighted by Crippen LogP contribution is -2.51. The van der Waals surface area contributed by atoms with Gasteiger partial charge in [0.05, 0.1) is 4.90 Å². The van der Waals surface area contributed by atoms with Crippen LogP contribution in [-0.4, -0.2) is 26.4 Å². The zero-order valence-corrected chi connectivity index (χ0v) is 15.9. The predicted octanol–water partition coefficient (Wildman–Crippen LogP) is 3.06. The number of rotatable bonds is 7. The van der Waals surface area contributed by atoms with E-state index in [1.54, 1.807) is 18.2 Å². The van der Waals surface area contributed by atoms with Gasteiger partial charge in [-0.15, -0.1) is 0 Å². The molecule has 1 amide bonds. The van der Waals surface area contributed by atoms with Gasteiger partial charge in [-0.25, -0.2) is 8.42 Å². The lowest BCUT2D eigenvalue weighted by Gasteiger charge is -2.23. The van der Waals surface area contributed by atoms with Gasteiger partial charge in [-0.2, -0.15) is 4.72 Å². The van der Waals surface area contributed by atoms with E-state index in [1.807, 2.05) is 52.0 Å². The molecule has 0 saturated carbocycles. The van der Waals surface area contributed by atoms with Gasteiger partial charge in [-0.3, -0.25) is 4.79 Å². The fraction of sp³-hybridized carbons (Fsp3) is 0.421. The van der Waals surface area contributed by atoms with E-state index >= 15 is 0 Å². The van der Waals surface area contributed by atoms with Gasteiger partial charge in [0, 0.05) is 6.04 Å². The van der Waals surface area contributed by atoms with Gasteiger partial charge in [0.25, 0.3) is 0 Å². The summed E-state index contributed by atoms with van der Waals surface area (Å²) in [5, 5.41) is 4.66. The molecule has 0 aliphatic rings. The Morgan fingerprint density at radius 2 is 1.68 bits per heavy atom. The highest BCUT2D eigenvalue weighted by Gasteiger charge is 2.29. The molecular formula is C19H26N2O3S. The van der Waals surface area contributed by atoms with Crippen LogP contribution in [0.15, 0.2) is 47.4 Å². The molecule has 0 aliphatic heterocycles. The van der Waals surface area contributed by atoms with Crippen LogP contribution >= 0.6 is 0 Å². The largest absolute Gasteiger partial charge is 0.352 e. The monoisotopic (exact) mass is 362 g/mol. The molecule has 2 aromatic carbocycles. The molecule has 0 spiro atoms. The second-order valence-corrected chi connectivity index (χ2v) is 8.38. The Balaban J connectivity index is 2.28. The SMILES string of the molecule is CC[C@H](C)NC(=O)[C@@H](NS(=O)(=O)c1ccc2ccccc2c1)C(C)C. The quantitative estimate of drug-likeness (QED) is 0.795. The maximum Gasteiger partial charge on any atom is 0.241 e. The summed E-state index contributed by atoms with van der Waals surface area (Å²) < 4.78 is 28.1. The van der Waals surface area contributed by atoms with Gasteiger partial charge < -0.3 is 5.32 Å². The van der Waals surface area contributed by atoms with Crippen LogP contribution in [0.2, 0.25) is 0 Å². The molecule has 136 valence electrons. The number of benzene rings is 2. The average Bonchev–Trinajstić information content (AvgIpc) is 2.58. The van der Waals surface area contributed by atoms with Crippen molar-refractivity contribution < 1.29 is 13.2 Å². The van der Waals surface area contributed by atoms with Crippen molar-refractivity contribution in [1.82, 2.24) is 10.0 Å². The van der Waals surface area contributed by atoms with Gasteiger partial charge in [0.15, 0.2) is 0 Å². The van der Waals surface area contributed by atoms with Crippen molar-refractivity contribution in [2.75, 3.05) is 0 Å². The zero-order valence-electron chi connectivity index (χ0n) is 15.1. The number of hydrogen-bond acceptors (Lipinski definition) is 3. The van der Waals surface area contributed by atoms with Gasteiger partial charge in [0.2, 0.25) is 15.9 Å². The minimum absolute atomic E-state index is 0.000997. The van der Waals surface area contributed by atoms with Crippen LogP contribution in [0.4, 0.5) is 0 Å². The van der Waals surface area contributed by atoms with Crippen LogP contribution < -0.4 is 10.0 Å². The molecule has 2 atom stereocenters. The maximum atomic E-state index is 12.8. The summed E-state index contributed by atoms with van der Waals surface area (Å²) in [6, 6.07) is 11.7. The van der Waals surface area contributed by atoms with E-state index < -0.39 is 16.1 Å². The van der Waals surface area contributed by atoms with Crippen molar-refractivity contribution in [3.63, 3.8) is 0 Å². The lowest BCUT2D eigenvalue weighted by molar-refractivity contribution is -0.124. The Bertz CT molecular complexity index is 847. The fourth-order valence-corrected chi connectivity index (χ4v) is 3.88. The second-order valence-electron chi connectivity index (χ2n) is 6.67. The number of nitrogens with one attached hydrogen (secondary N) is 2. The Morgan fingerprint density at radius 1 is 1.04 bits per heavy atom. The number of carbonyl (C=O) groups is 1. The summed E-state index contributed by atoms with van der Waals surface area (Å²) in [4.78, 5) is 12.6. The Morgan fingerprint density at radius 3 is 2.28 bits per heavy atom. The third-order valence-corrected chi connectivity index (χ3v) is 5.70. The molecular weight excluding hydrogens is 336 g/mol. The first-order valence-corrected chi connectivity index (χ1v) is 10.0.